The van der Waals surface area contributed by atoms with Gasteiger partial charge in [0.05, 0.1) is 0 Å². The first-order valence-electron chi connectivity index (χ1n) is 6.21. The van der Waals surface area contributed by atoms with Crippen LogP contribution in [-0.4, -0.2) is 56.3 Å². The molecule has 2 heterocycles. The number of carboxylic acid groups (broad SMARTS) is 1. The van der Waals surface area contributed by atoms with Crippen LogP contribution in [0.1, 0.15) is 19.2 Å². The summed E-state index contributed by atoms with van der Waals surface area (Å²) in [4.78, 5) is 28.4. The van der Waals surface area contributed by atoms with Crippen LogP contribution in [-0.2, 0) is 11.2 Å². The zero-order valence-electron chi connectivity index (χ0n) is 10.7. The fourth-order valence-corrected chi connectivity index (χ4v) is 2.29. The van der Waals surface area contributed by atoms with Crippen molar-refractivity contribution in [2.24, 2.45) is 5.92 Å². The molecule has 0 saturated carbocycles. The van der Waals surface area contributed by atoms with E-state index >= 15 is 0 Å². The number of H-pyrrole nitrogens is 1. The number of hydrogen-bond donors (Lipinski definition) is 3. The highest BCUT2D eigenvalue weighted by Gasteiger charge is 2.39. The molecule has 3 N–H and O–H groups in total. The lowest BCUT2D eigenvalue weighted by Gasteiger charge is -2.23. The summed E-state index contributed by atoms with van der Waals surface area (Å²) in [6, 6.07) is -1.07. The standard InChI is InChI=1S/C11H17N5O3/c1-7-3-5-16(9(7)10(17)18)11(19)12-4-2-8-13-6-14-15-8/h6-7,9H,2-5H2,1H3,(H,12,19)(H,17,18)(H,13,14,15). The first-order valence-corrected chi connectivity index (χ1v) is 6.21. The largest absolute Gasteiger partial charge is 0.480 e. The molecule has 1 aromatic rings. The van der Waals surface area contributed by atoms with Gasteiger partial charge in [0.15, 0.2) is 0 Å². The number of carbonyl (C=O) groups excluding carboxylic acids is 1. The van der Waals surface area contributed by atoms with Gasteiger partial charge in [-0.3, -0.25) is 5.10 Å². The molecule has 0 bridgehead atoms. The van der Waals surface area contributed by atoms with E-state index in [0.29, 0.717) is 31.8 Å². The molecule has 1 saturated heterocycles. The summed E-state index contributed by atoms with van der Waals surface area (Å²) in [6.45, 7) is 2.72. The Morgan fingerprint density at radius 3 is 3.05 bits per heavy atom. The van der Waals surface area contributed by atoms with Gasteiger partial charge in [-0.1, -0.05) is 6.92 Å². The molecular weight excluding hydrogens is 250 g/mol. The van der Waals surface area contributed by atoms with Crippen molar-refractivity contribution in [3.63, 3.8) is 0 Å². The molecule has 0 radical (unpaired) electrons. The molecule has 8 nitrogen and oxygen atoms in total. The predicted molar refractivity (Wildman–Crippen MR) is 65.4 cm³/mol. The summed E-state index contributed by atoms with van der Waals surface area (Å²) in [7, 11) is 0. The van der Waals surface area contributed by atoms with Crippen molar-refractivity contribution in [1.29, 1.82) is 0 Å². The summed E-state index contributed by atoms with van der Waals surface area (Å²) in [6.07, 6.45) is 2.65. The van der Waals surface area contributed by atoms with Gasteiger partial charge >= 0.3 is 12.0 Å². The van der Waals surface area contributed by atoms with E-state index in [-0.39, 0.29) is 11.9 Å². The number of rotatable bonds is 4. The van der Waals surface area contributed by atoms with Crippen molar-refractivity contribution in [1.82, 2.24) is 25.4 Å². The number of likely N-dealkylation sites (tertiary alicyclic amines) is 1. The average molecular weight is 267 g/mol. The van der Waals surface area contributed by atoms with E-state index in [4.69, 9.17) is 5.11 Å². The van der Waals surface area contributed by atoms with Gasteiger partial charge in [-0.15, -0.1) is 0 Å². The topological polar surface area (TPSA) is 111 Å². The molecule has 1 aliphatic heterocycles. The van der Waals surface area contributed by atoms with Gasteiger partial charge in [-0.2, -0.15) is 5.10 Å². The third-order valence-electron chi connectivity index (χ3n) is 3.32. The number of aromatic nitrogens is 3. The molecule has 8 heteroatoms. The van der Waals surface area contributed by atoms with E-state index in [1.807, 2.05) is 6.92 Å². The molecule has 1 fully saturated rings. The van der Waals surface area contributed by atoms with Crippen LogP contribution in [0.25, 0.3) is 0 Å². The maximum absolute atomic E-state index is 11.9. The van der Waals surface area contributed by atoms with Gasteiger partial charge in [-0.25, -0.2) is 14.6 Å². The minimum absolute atomic E-state index is 0.0162. The molecular formula is C11H17N5O3. The van der Waals surface area contributed by atoms with Gasteiger partial charge in [0.2, 0.25) is 0 Å². The highest BCUT2D eigenvalue weighted by molar-refractivity contribution is 5.83. The third kappa shape index (κ3) is 3.01. The van der Waals surface area contributed by atoms with Gasteiger partial charge < -0.3 is 15.3 Å². The number of carboxylic acids is 1. The first-order chi connectivity index (χ1) is 9.09. The number of urea groups is 1. The number of amides is 2. The molecule has 1 aromatic heterocycles. The summed E-state index contributed by atoms with van der Waals surface area (Å²) in [5, 5.41) is 18.2. The minimum Gasteiger partial charge on any atom is -0.480 e. The number of carbonyl (C=O) groups is 2. The van der Waals surface area contributed by atoms with E-state index in [1.54, 1.807) is 0 Å². The fraction of sp³-hybridized carbons (Fsp3) is 0.636. The monoisotopic (exact) mass is 267 g/mol. The van der Waals surface area contributed by atoms with E-state index in [9.17, 15) is 9.59 Å². The highest BCUT2D eigenvalue weighted by Crippen LogP contribution is 2.23. The van der Waals surface area contributed by atoms with Gasteiger partial charge in [-0.05, 0) is 12.3 Å². The molecule has 2 unspecified atom stereocenters. The predicted octanol–water partition coefficient (Wildman–Crippen LogP) is -0.148. The fourth-order valence-electron chi connectivity index (χ4n) is 2.29. The molecule has 1 aliphatic rings. The second kappa shape index (κ2) is 5.68. The van der Waals surface area contributed by atoms with E-state index < -0.39 is 12.0 Å². The van der Waals surface area contributed by atoms with Gasteiger partial charge in [0.1, 0.15) is 18.2 Å². The number of aliphatic carboxylic acids is 1. The molecule has 0 aliphatic carbocycles. The van der Waals surface area contributed by atoms with Crippen LogP contribution in [0.2, 0.25) is 0 Å². The lowest BCUT2D eigenvalue weighted by Crippen LogP contribution is -2.48. The minimum atomic E-state index is -0.949. The Balaban J connectivity index is 1.84. The van der Waals surface area contributed by atoms with Crippen molar-refractivity contribution in [2.75, 3.05) is 13.1 Å². The quantitative estimate of drug-likeness (QED) is 0.702. The molecule has 2 rings (SSSR count). The van der Waals surface area contributed by atoms with Crippen LogP contribution in [0.4, 0.5) is 4.79 Å². The lowest BCUT2D eigenvalue weighted by molar-refractivity contribution is -0.142. The summed E-state index contributed by atoms with van der Waals surface area (Å²) >= 11 is 0. The molecule has 2 atom stereocenters. The summed E-state index contributed by atoms with van der Waals surface area (Å²) < 4.78 is 0. The SMILES string of the molecule is CC1CCN(C(=O)NCCc2ncn[nH]2)C1C(=O)O. The Morgan fingerprint density at radius 2 is 2.42 bits per heavy atom. The molecule has 19 heavy (non-hydrogen) atoms. The Bertz CT molecular complexity index is 447. The highest BCUT2D eigenvalue weighted by atomic mass is 16.4. The van der Waals surface area contributed by atoms with Crippen LogP contribution in [0.3, 0.4) is 0 Å². The van der Waals surface area contributed by atoms with Gasteiger partial charge in [0, 0.05) is 19.5 Å². The first kappa shape index (κ1) is 13.3. The van der Waals surface area contributed by atoms with Crippen LogP contribution in [0.5, 0.6) is 0 Å². The van der Waals surface area contributed by atoms with Crippen molar-refractivity contribution in [2.45, 2.75) is 25.8 Å². The molecule has 2 amide bonds. The third-order valence-corrected chi connectivity index (χ3v) is 3.32. The Hall–Kier alpha value is -2.12. The smallest absolute Gasteiger partial charge is 0.326 e. The van der Waals surface area contributed by atoms with Crippen molar-refractivity contribution in [3.05, 3.63) is 12.2 Å². The van der Waals surface area contributed by atoms with Gasteiger partial charge in [0.25, 0.3) is 0 Å². The van der Waals surface area contributed by atoms with Crippen LogP contribution in [0, 0.1) is 5.92 Å². The summed E-state index contributed by atoms with van der Waals surface area (Å²) in [5.41, 5.74) is 0. The van der Waals surface area contributed by atoms with E-state index in [1.165, 1.54) is 11.2 Å². The van der Waals surface area contributed by atoms with E-state index in [0.717, 1.165) is 0 Å². The summed E-state index contributed by atoms with van der Waals surface area (Å²) in [5.74, 6) is -0.280. The second-order valence-electron chi connectivity index (χ2n) is 4.66. The average Bonchev–Trinajstić information content (AvgIpc) is 2.97. The van der Waals surface area contributed by atoms with Crippen LogP contribution < -0.4 is 5.32 Å². The number of nitrogens with one attached hydrogen (secondary N) is 2. The molecule has 0 spiro atoms. The van der Waals surface area contributed by atoms with Crippen LogP contribution >= 0.6 is 0 Å². The molecule has 104 valence electrons. The van der Waals surface area contributed by atoms with Crippen molar-refractivity contribution < 1.29 is 14.7 Å². The Kier molecular flexibility index (Phi) is 3.98. The van der Waals surface area contributed by atoms with Crippen molar-refractivity contribution in [3.8, 4) is 0 Å². The number of nitrogens with zero attached hydrogens (tertiary/aromatic N) is 3. The number of hydrogen-bond acceptors (Lipinski definition) is 4. The zero-order valence-corrected chi connectivity index (χ0v) is 10.7. The number of aromatic amines is 1. The zero-order chi connectivity index (χ0) is 13.8. The Labute approximate surface area is 110 Å². The lowest BCUT2D eigenvalue weighted by atomic mass is 10.0. The second-order valence-corrected chi connectivity index (χ2v) is 4.66. The van der Waals surface area contributed by atoms with E-state index in [2.05, 4.69) is 20.5 Å². The van der Waals surface area contributed by atoms with Crippen molar-refractivity contribution >= 4 is 12.0 Å². The Morgan fingerprint density at radius 1 is 1.63 bits per heavy atom. The molecule has 0 aromatic carbocycles. The van der Waals surface area contributed by atoms with Crippen LogP contribution in [0.15, 0.2) is 6.33 Å². The maximum Gasteiger partial charge on any atom is 0.326 e. The normalized spacial score (nSPS) is 22.5. The maximum atomic E-state index is 11.9.